The van der Waals surface area contributed by atoms with Gasteiger partial charge in [0.2, 0.25) is 5.91 Å². The number of likely N-dealkylation sites (N-methyl/N-ethyl adjacent to an activating group) is 1. The van der Waals surface area contributed by atoms with Gasteiger partial charge in [-0.1, -0.05) is 32.0 Å². The molecule has 2 aromatic carbocycles. The zero-order valence-electron chi connectivity index (χ0n) is 17.8. The zero-order valence-corrected chi connectivity index (χ0v) is 17.8. The number of hydrogen-bond acceptors (Lipinski definition) is 3. The zero-order chi connectivity index (χ0) is 21.7. The van der Waals surface area contributed by atoms with Crippen molar-refractivity contribution in [3.05, 3.63) is 65.0 Å². The van der Waals surface area contributed by atoms with Crippen LogP contribution in [-0.4, -0.2) is 35.9 Å². The molecule has 0 spiro atoms. The van der Waals surface area contributed by atoms with E-state index in [1.807, 2.05) is 49.9 Å². The minimum Gasteiger partial charge on any atom is -0.481 e. The Balaban J connectivity index is 2.00. The molecule has 30 heavy (non-hydrogen) atoms. The van der Waals surface area contributed by atoms with Gasteiger partial charge in [0.1, 0.15) is 11.6 Å². The number of fused-ring (bicyclic) bond motifs is 1. The Morgan fingerprint density at radius 3 is 2.67 bits per heavy atom. The van der Waals surface area contributed by atoms with E-state index in [2.05, 4.69) is 5.32 Å². The van der Waals surface area contributed by atoms with Gasteiger partial charge >= 0.3 is 0 Å². The second-order valence-electron chi connectivity index (χ2n) is 7.42. The Morgan fingerprint density at radius 2 is 2.00 bits per heavy atom. The quantitative estimate of drug-likeness (QED) is 0.748. The number of carbonyl (C=O) groups is 2. The Kier molecular flexibility index (Phi) is 7.08. The molecule has 1 heterocycles. The number of rotatable bonds is 7. The summed E-state index contributed by atoms with van der Waals surface area (Å²) in [5.41, 5.74) is 2.74. The Morgan fingerprint density at radius 1 is 1.20 bits per heavy atom. The molecule has 0 unspecified atom stereocenters. The third kappa shape index (κ3) is 4.64. The molecule has 0 saturated carbocycles. The minimum atomic E-state index is -0.590. The summed E-state index contributed by atoms with van der Waals surface area (Å²) in [6.07, 6.45) is 1.05. The molecule has 2 amide bonds. The summed E-state index contributed by atoms with van der Waals surface area (Å²) in [6, 6.07) is 11.7. The van der Waals surface area contributed by atoms with Crippen LogP contribution in [0.25, 0.3) is 0 Å². The van der Waals surface area contributed by atoms with Gasteiger partial charge < -0.3 is 15.0 Å². The Hall–Kier alpha value is -2.89. The number of ether oxygens (including phenoxy) is 1. The molecule has 0 aromatic heterocycles. The van der Waals surface area contributed by atoms with Crippen LogP contribution in [0, 0.1) is 5.82 Å². The van der Waals surface area contributed by atoms with Crippen molar-refractivity contribution in [3.8, 4) is 5.75 Å². The van der Waals surface area contributed by atoms with E-state index in [1.54, 1.807) is 6.07 Å². The van der Waals surface area contributed by atoms with Gasteiger partial charge in [0.05, 0.1) is 6.04 Å². The van der Waals surface area contributed by atoms with Crippen LogP contribution in [0.2, 0.25) is 0 Å². The summed E-state index contributed by atoms with van der Waals surface area (Å²) in [5, 5.41) is 2.79. The number of hydrogen-bond donors (Lipinski definition) is 1. The monoisotopic (exact) mass is 412 g/mol. The van der Waals surface area contributed by atoms with Gasteiger partial charge in [-0.25, -0.2) is 4.39 Å². The van der Waals surface area contributed by atoms with Crippen molar-refractivity contribution in [3.63, 3.8) is 0 Å². The molecule has 0 saturated heterocycles. The first-order valence-corrected chi connectivity index (χ1v) is 10.6. The average molecular weight is 413 g/mol. The molecule has 5 nitrogen and oxygen atoms in total. The van der Waals surface area contributed by atoms with Crippen molar-refractivity contribution in [2.75, 3.05) is 13.1 Å². The van der Waals surface area contributed by atoms with Crippen LogP contribution < -0.4 is 10.1 Å². The van der Waals surface area contributed by atoms with Gasteiger partial charge in [0.15, 0.2) is 6.10 Å². The fourth-order valence-corrected chi connectivity index (χ4v) is 3.95. The molecule has 3 rings (SSSR count). The molecule has 2 aromatic rings. The maximum Gasteiger partial charge on any atom is 0.261 e. The fourth-order valence-electron chi connectivity index (χ4n) is 3.95. The number of carbonyl (C=O) groups excluding carboxylic acids is 2. The molecule has 1 N–H and O–H groups in total. The van der Waals surface area contributed by atoms with E-state index < -0.39 is 6.10 Å². The van der Waals surface area contributed by atoms with Crippen molar-refractivity contribution in [2.24, 2.45) is 0 Å². The van der Waals surface area contributed by atoms with E-state index >= 15 is 0 Å². The van der Waals surface area contributed by atoms with Crippen molar-refractivity contribution in [2.45, 2.75) is 52.2 Å². The Bertz CT molecular complexity index is 915. The highest BCUT2D eigenvalue weighted by atomic mass is 19.1. The van der Waals surface area contributed by atoms with Crippen molar-refractivity contribution in [1.82, 2.24) is 10.2 Å². The predicted octanol–water partition coefficient (Wildman–Crippen LogP) is 4.00. The predicted molar refractivity (Wildman–Crippen MR) is 114 cm³/mol. The molecule has 0 fully saturated rings. The van der Waals surface area contributed by atoms with Gasteiger partial charge in [0, 0.05) is 19.5 Å². The van der Waals surface area contributed by atoms with Crippen molar-refractivity contribution < 1.29 is 18.7 Å². The number of nitrogens with one attached hydrogen (secondary N) is 1. The summed E-state index contributed by atoms with van der Waals surface area (Å²) in [7, 11) is 0. The molecular weight excluding hydrogens is 383 g/mol. The molecule has 1 aliphatic rings. The third-order valence-electron chi connectivity index (χ3n) is 5.43. The highest BCUT2D eigenvalue weighted by Crippen LogP contribution is 2.38. The lowest BCUT2D eigenvalue weighted by molar-refractivity contribution is -0.133. The second kappa shape index (κ2) is 9.74. The molecule has 0 aliphatic carbocycles. The Labute approximate surface area is 177 Å². The van der Waals surface area contributed by atoms with Crippen molar-refractivity contribution in [1.29, 1.82) is 0 Å². The molecule has 0 radical (unpaired) electrons. The highest BCUT2D eigenvalue weighted by molar-refractivity contribution is 5.81. The second-order valence-corrected chi connectivity index (χ2v) is 7.42. The summed E-state index contributed by atoms with van der Waals surface area (Å²) < 4.78 is 20.0. The van der Waals surface area contributed by atoms with Crippen LogP contribution in [0.5, 0.6) is 5.75 Å². The first kappa shape index (κ1) is 21.8. The standard InChI is InChI=1S/C24H29FN2O3/c1-4-21(24(29)26-6-3)30-19-11-10-16-12-13-27(22(28)5-2)23(20(16)15-19)17-8-7-9-18(25)14-17/h7-11,14-15,21,23H,4-6,12-13H2,1-3H3,(H,26,29)/t21-,23+/m0/s1. The maximum atomic E-state index is 14.0. The van der Waals surface area contributed by atoms with Gasteiger partial charge in [0.25, 0.3) is 5.91 Å². The van der Waals surface area contributed by atoms with Gasteiger partial charge in [-0.3, -0.25) is 9.59 Å². The summed E-state index contributed by atoms with van der Waals surface area (Å²) >= 11 is 0. The van der Waals surface area contributed by atoms with Crippen LogP contribution >= 0.6 is 0 Å². The molecule has 6 heteroatoms. The van der Waals surface area contributed by atoms with E-state index in [9.17, 15) is 14.0 Å². The van der Waals surface area contributed by atoms with Crippen LogP contribution in [-0.2, 0) is 16.0 Å². The van der Waals surface area contributed by atoms with E-state index in [0.717, 1.165) is 23.1 Å². The average Bonchev–Trinajstić information content (AvgIpc) is 2.76. The van der Waals surface area contributed by atoms with Gasteiger partial charge in [-0.15, -0.1) is 0 Å². The number of nitrogens with zero attached hydrogens (tertiary/aromatic N) is 1. The topological polar surface area (TPSA) is 58.6 Å². The first-order valence-electron chi connectivity index (χ1n) is 10.6. The minimum absolute atomic E-state index is 0.0231. The van der Waals surface area contributed by atoms with E-state index in [1.165, 1.54) is 12.1 Å². The normalized spacial score (nSPS) is 16.5. The largest absolute Gasteiger partial charge is 0.481 e. The third-order valence-corrected chi connectivity index (χ3v) is 5.43. The SMILES string of the molecule is CCNC(=O)[C@H](CC)Oc1ccc2c(c1)[C@@H](c1cccc(F)c1)N(C(=O)CC)CC2. The lowest BCUT2D eigenvalue weighted by atomic mass is 9.87. The summed E-state index contributed by atoms with van der Waals surface area (Å²) in [5.74, 6) is 0.106. The molecule has 2 atom stereocenters. The van der Waals surface area contributed by atoms with E-state index in [-0.39, 0.29) is 23.7 Å². The van der Waals surface area contributed by atoms with Crippen LogP contribution in [0.15, 0.2) is 42.5 Å². The molecule has 0 bridgehead atoms. The maximum absolute atomic E-state index is 14.0. The first-order chi connectivity index (χ1) is 14.5. The lowest BCUT2D eigenvalue weighted by Crippen LogP contribution is -2.40. The summed E-state index contributed by atoms with van der Waals surface area (Å²) in [4.78, 5) is 26.7. The smallest absolute Gasteiger partial charge is 0.261 e. The van der Waals surface area contributed by atoms with Gasteiger partial charge in [-0.05, 0) is 60.7 Å². The highest BCUT2D eigenvalue weighted by Gasteiger charge is 2.32. The van der Waals surface area contributed by atoms with E-state index in [4.69, 9.17) is 4.74 Å². The number of benzene rings is 2. The number of amides is 2. The molecule has 1 aliphatic heterocycles. The van der Waals surface area contributed by atoms with Crippen LogP contribution in [0.4, 0.5) is 4.39 Å². The van der Waals surface area contributed by atoms with E-state index in [0.29, 0.717) is 31.7 Å². The van der Waals surface area contributed by atoms with Crippen molar-refractivity contribution >= 4 is 11.8 Å². The van der Waals surface area contributed by atoms with Crippen LogP contribution in [0.3, 0.4) is 0 Å². The molecular formula is C24H29FN2O3. The van der Waals surface area contributed by atoms with Gasteiger partial charge in [-0.2, -0.15) is 0 Å². The lowest BCUT2D eigenvalue weighted by Gasteiger charge is -2.38. The summed E-state index contributed by atoms with van der Waals surface area (Å²) in [6.45, 7) is 6.72. The van der Waals surface area contributed by atoms with Crippen LogP contribution in [0.1, 0.15) is 56.3 Å². The fraction of sp³-hybridized carbons (Fsp3) is 0.417. The molecule has 160 valence electrons. The number of halogens is 1.